The van der Waals surface area contributed by atoms with Gasteiger partial charge >= 0.3 is 0 Å². The maximum absolute atomic E-state index is 12.9. The zero-order chi connectivity index (χ0) is 17.7. The molecule has 0 aromatic heterocycles. The number of rotatable bonds is 5. The fraction of sp³-hybridized carbons (Fsp3) is 0.222. The van der Waals surface area contributed by atoms with Crippen LogP contribution in [0.15, 0.2) is 53.0 Å². The van der Waals surface area contributed by atoms with Gasteiger partial charge in [0.25, 0.3) is 5.91 Å². The zero-order valence-corrected chi connectivity index (χ0v) is 14.9. The van der Waals surface area contributed by atoms with Gasteiger partial charge < -0.3 is 10.6 Å². The number of carbonyl (C=O) groups is 2. The van der Waals surface area contributed by atoms with Crippen LogP contribution in [0.1, 0.15) is 24.2 Å². The summed E-state index contributed by atoms with van der Waals surface area (Å²) in [6.07, 6.45) is 0. The summed E-state index contributed by atoms with van der Waals surface area (Å²) in [6, 6.07) is 11.8. The van der Waals surface area contributed by atoms with Gasteiger partial charge in [0, 0.05) is 10.2 Å². The number of hydrogen-bond acceptors (Lipinski definition) is 2. The third kappa shape index (κ3) is 4.64. The largest absolute Gasteiger partial charge is 0.340 e. The third-order valence-corrected chi connectivity index (χ3v) is 4.16. The van der Waals surface area contributed by atoms with Gasteiger partial charge in [0.2, 0.25) is 5.91 Å². The molecule has 4 nitrogen and oxygen atoms in total. The summed E-state index contributed by atoms with van der Waals surface area (Å²) in [5.41, 5.74) is 0.930. The van der Waals surface area contributed by atoms with Gasteiger partial charge in [-0.3, -0.25) is 9.59 Å². The monoisotopic (exact) mass is 392 g/mol. The van der Waals surface area contributed by atoms with Crippen LogP contribution in [0.3, 0.4) is 0 Å². The lowest BCUT2D eigenvalue weighted by molar-refractivity contribution is -0.118. The van der Waals surface area contributed by atoms with Crippen molar-refractivity contribution in [2.75, 3.05) is 5.32 Å². The van der Waals surface area contributed by atoms with Crippen molar-refractivity contribution in [2.45, 2.75) is 19.9 Å². The van der Waals surface area contributed by atoms with Gasteiger partial charge in [-0.15, -0.1) is 0 Å². The van der Waals surface area contributed by atoms with Gasteiger partial charge in [-0.25, -0.2) is 4.39 Å². The molecular weight excluding hydrogens is 375 g/mol. The Morgan fingerprint density at radius 2 is 1.67 bits per heavy atom. The highest BCUT2D eigenvalue weighted by Gasteiger charge is 2.25. The van der Waals surface area contributed by atoms with E-state index in [2.05, 4.69) is 26.6 Å². The molecule has 0 fully saturated rings. The molecule has 2 aromatic rings. The Morgan fingerprint density at radius 3 is 2.25 bits per heavy atom. The molecule has 2 amide bonds. The average molecular weight is 393 g/mol. The lowest BCUT2D eigenvalue weighted by Crippen LogP contribution is -2.47. The second-order valence-electron chi connectivity index (χ2n) is 5.67. The number of carbonyl (C=O) groups excluding carboxylic acids is 2. The molecule has 0 radical (unpaired) electrons. The van der Waals surface area contributed by atoms with Crippen LogP contribution in [0.4, 0.5) is 10.1 Å². The number of amides is 2. The first kappa shape index (κ1) is 18.1. The Balaban J connectivity index is 2.11. The molecular formula is C18H18BrFN2O2. The highest BCUT2D eigenvalue weighted by molar-refractivity contribution is 9.10. The SMILES string of the molecule is CC(C)[C@H](NC(=O)c1ccccc1Br)C(=O)Nc1ccc(F)cc1. The summed E-state index contributed by atoms with van der Waals surface area (Å²) < 4.78 is 13.6. The van der Waals surface area contributed by atoms with Crippen molar-refractivity contribution < 1.29 is 14.0 Å². The molecule has 2 aromatic carbocycles. The molecule has 0 saturated carbocycles. The van der Waals surface area contributed by atoms with Gasteiger partial charge in [-0.05, 0) is 58.2 Å². The molecule has 0 saturated heterocycles. The summed E-state index contributed by atoms with van der Waals surface area (Å²) in [4.78, 5) is 24.9. The maximum Gasteiger partial charge on any atom is 0.253 e. The van der Waals surface area contributed by atoms with Crippen molar-refractivity contribution in [1.29, 1.82) is 0 Å². The molecule has 2 N–H and O–H groups in total. The van der Waals surface area contributed by atoms with Gasteiger partial charge in [0.05, 0.1) is 5.56 Å². The summed E-state index contributed by atoms with van der Waals surface area (Å²) in [5, 5.41) is 5.44. The lowest BCUT2D eigenvalue weighted by atomic mass is 10.0. The first-order valence-electron chi connectivity index (χ1n) is 7.50. The molecule has 0 spiro atoms. The normalized spacial score (nSPS) is 11.9. The van der Waals surface area contributed by atoms with Crippen LogP contribution in [-0.4, -0.2) is 17.9 Å². The highest BCUT2D eigenvalue weighted by atomic mass is 79.9. The van der Waals surface area contributed by atoms with Gasteiger partial charge in [-0.2, -0.15) is 0 Å². The lowest BCUT2D eigenvalue weighted by Gasteiger charge is -2.22. The van der Waals surface area contributed by atoms with E-state index < -0.39 is 6.04 Å². The van der Waals surface area contributed by atoms with E-state index in [-0.39, 0.29) is 23.5 Å². The molecule has 0 aliphatic carbocycles. The second kappa shape index (κ2) is 8.06. The minimum absolute atomic E-state index is 0.114. The van der Waals surface area contributed by atoms with Crippen LogP contribution >= 0.6 is 15.9 Å². The van der Waals surface area contributed by atoms with E-state index in [9.17, 15) is 14.0 Å². The summed E-state index contributed by atoms with van der Waals surface area (Å²) in [5.74, 6) is -1.18. The second-order valence-corrected chi connectivity index (χ2v) is 6.53. The number of halogens is 2. The van der Waals surface area contributed by atoms with E-state index in [1.165, 1.54) is 24.3 Å². The van der Waals surface area contributed by atoms with Crippen LogP contribution in [0, 0.1) is 11.7 Å². The van der Waals surface area contributed by atoms with Crippen molar-refractivity contribution in [2.24, 2.45) is 5.92 Å². The molecule has 126 valence electrons. The number of benzene rings is 2. The molecule has 0 bridgehead atoms. The minimum atomic E-state index is -0.713. The van der Waals surface area contributed by atoms with Crippen LogP contribution in [0.2, 0.25) is 0 Å². The van der Waals surface area contributed by atoms with E-state index in [1.807, 2.05) is 19.9 Å². The highest BCUT2D eigenvalue weighted by Crippen LogP contribution is 2.17. The molecule has 1 atom stereocenters. The fourth-order valence-electron chi connectivity index (χ4n) is 2.15. The van der Waals surface area contributed by atoms with Crippen molar-refractivity contribution in [1.82, 2.24) is 5.32 Å². The van der Waals surface area contributed by atoms with Crippen molar-refractivity contribution >= 4 is 33.4 Å². The molecule has 0 aliphatic rings. The first-order chi connectivity index (χ1) is 11.4. The van der Waals surface area contributed by atoms with E-state index in [1.54, 1.807) is 18.2 Å². The summed E-state index contributed by atoms with van der Waals surface area (Å²) in [7, 11) is 0. The first-order valence-corrected chi connectivity index (χ1v) is 8.29. The minimum Gasteiger partial charge on any atom is -0.340 e. The molecule has 0 heterocycles. The van der Waals surface area contributed by atoms with Crippen molar-refractivity contribution in [3.63, 3.8) is 0 Å². The summed E-state index contributed by atoms with van der Waals surface area (Å²) in [6.45, 7) is 3.68. The maximum atomic E-state index is 12.9. The molecule has 24 heavy (non-hydrogen) atoms. The molecule has 6 heteroatoms. The van der Waals surface area contributed by atoms with Gasteiger partial charge in [0.15, 0.2) is 0 Å². The number of nitrogens with one attached hydrogen (secondary N) is 2. The van der Waals surface area contributed by atoms with Crippen LogP contribution in [0.5, 0.6) is 0 Å². The zero-order valence-electron chi connectivity index (χ0n) is 13.3. The Labute approximate surface area is 148 Å². The third-order valence-electron chi connectivity index (χ3n) is 3.47. The van der Waals surface area contributed by atoms with Crippen LogP contribution < -0.4 is 10.6 Å². The predicted molar refractivity (Wildman–Crippen MR) is 95.3 cm³/mol. The van der Waals surface area contributed by atoms with E-state index >= 15 is 0 Å². The molecule has 0 aliphatic heterocycles. The smallest absolute Gasteiger partial charge is 0.253 e. The quantitative estimate of drug-likeness (QED) is 0.808. The molecule has 2 rings (SSSR count). The topological polar surface area (TPSA) is 58.2 Å². The van der Waals surface area contributed by atoms with Crippen molar-refractivity contribution in [3.05, 3.63) is 64.4 Å². The average Bonchev–Trinajstić information content (AvgIpc) is 2.54. The fourth-order valence-corrected chi connectivity index (χ4v) is 2.62. The number of hydrogen-bond donors (Lipinski definition) is 2. The molecule has 0 unspecified atom stereocenters. The van der Waals surface area contributed by atoms with E-state index in [0.29, 0.717) is 15.7 Å². The number of anilines is 1. The van der Waals surface area contributed by atoms with Crippen LogP contribution in [0.25, 0.3) is 0 Å². The summed E-state index contributed by atoms with van der Waals surface area (Å²) >= 11 is 3.32. The van der Waals surface area contributed by atoms with E-state index in [4.69, 9.17) is 0 Å². The Bertz CT molecular complexity index is 732. The van der Waals surface area contributed by atoms with E-state index in [0.717, 1.165) is 0 Å². The Morgan fingerprint density at radius 1 is 1.04 bits per heavy atom. The van der Waals surface area contributed by atoms with Gasteiger partial charge in [0.1, 0.15) is 11.9 Å². The standard InChI is InChI=1S/C18H18BrFN2O2/c1-11(2)16(18(24)21-13-9-7-12(20)8-10-13)22-17(23)14-5-3-4-6-15(14)19/h3-11,16H,1-2H3,(H,21,24)(H,22,23)/t16-/m0/s1. The Kier molecular flexibility index (Phi) is 6.09. The van der Waals surface area contributed by atoms with Crippen molar-refractivity contribution in [3.8, 4) is 0 Å². The van der Waals surface area contributed by atoms with Crippen LogP contribution in [-0.2, 0) is 4.79 Å². The predicted octanol–water partition coefficient (Wildman–Crippen LogP) is 3.98. The van der Waals surface area contributed by atoms with Gasteiger partial charge in [-0.1, -0.05) is 26.0 Å². The Hall–Kier alpha value is -2.21.